The van der Waals surface area contributed by atoms with Crippen LogP contribution in [0.1, 0.15) is 10.4 Å². The second-order valence-corrected chi connectivity index (χ2v) is 3.36. The number of hydrogen-bond acceptors (Lipinski definition) is 3. The van der Waals surface area contributed by atoms with Crippen molar-refractivity contribution < 1.29 is 14.8 Å². The number of nitro groups is 1. The van der Waals surface area contributed by atoms with Crippen molar-refractivity contribution in [3.63, 3.8) is 0 Å². The van der Waals surface area contributed by atoms with E-state index in [1.807, 2.05) is 0 Å². The van der Waals surface area contributed by atoms with E-state index in [-0.39, 0.29) is 16.8 Å². The van der Waals surface area contributed by atoms with Crippen LogP contribution < -0.4 is 0 Å². The van der Waals surface area contributed by atoms with Gasteiger partial charge in [-0.15, -0.1) is 0 Å². The highest BCUT2D eigenvalue weighted by molar-refractivity contribution is 5.97. The standard InChI is InChI=1S/C11H8N2O4/c14-11(15)9-6-12-5-8(9)7-3-1-2-4-10(7)13(16)17/h1-6,12H,(H,14,15). The minimum absolute atomic E-state index is 0.0132. The van der Waals surface area contributed by atoms with Gasteiger partial charge in [-0.25, -0.2) is 4.79 Å². The summed E-state index contributed by atoms with van der Waals surface area (Å²) in [7, 11) is 0. The van der Waals surface area contributed by atoms with E-state index in [1.54, 1.807) is 6.07 Å². The monoisotopic (exact) mass is 232 g/mol. The zero-order valence-electron chi connectivity index (χ0n) is 8.58. The van der Waals surface area contributed by atoms with Gasteiger partial charge in [-0.05, 0) is 6.07 Å². The number of aromatic carboxylic acids is 1. The van der Waals surface area contributed by atoms with Gasteiger partial charge >= 0.3 is 5.97 Å². The molecule has 86 valence electrons. The normalized spacial score (nSPS) is 10.1. The fraction of sp³-hybridized carbons (Fsp3) is 0. The molecular weight excluding hydrogens is 224 g/mol. The van der Waals surface area contributed by atoms with E-state index < -0.39 is 10.9 Å². The molecule has 0 saturated heterocycles. The molecule has 0 aliphatic heterocycles. The van der Waals surface area contributed by atoms with Crippen LogP contribution >= 0.6 is 0 Å². The fourth-order valence-corrected chi connectivity index (χ4v) is 1.62. The van der Waals surface area contributed by atoms with Crippen LogP contribution in [0.4, 0.5) is 5.69 Å². The molecule has 0 radical (unpaired) electrons. The van der Waals surface area contributed by atoms with Crippen LogP contribution in [-0.2, 0) is 0 Å². The van der Waals surface area contributed by atoms with Crippen molar-refractivity contribution in [2.75, 3.05) is 0 Å². The molecule has 6 heteroatoms. The van der Waals surface area contributed by atoms with Crippen LogP contribution in [-0.4, -0.2) is 21.0 Å². The number of para-hydroxylation sites is 1. The molecule has 0 fully saturated rings. The number of aromatic amines is 1. The van der Waals surface area contributed by atoms with Crippen molar-refractivity contribution in [3.05, 3.63) is 52.3 Å². The first-order valence-electron chi connectivity index (χ1n) is 4.75. The first-order valence-corrected chi connectivity index (χ1v) is 4.75. The number of benzene rings is 1. The van der Waals surface area contributed by atoms with Crippen molar-refractivity contribution in [1.29, 1.82) is 0 Å². The van der Waals surface area contributed by atoms with E-state index >= 15 is 0 Å². The highest BCUT2D eigenvalue weighted by Gasteiger charge is 2.20. The number of carbonyl (C=O) groups is 1. The van der Waals surface area contributed by atoms with Gasteiger partial charge in [0.2, 0.25) is 0 Å². The predicted molar refractivity (Wildman–Crippen MR) is 59.8 cm³/mol. The van der Waals surface area contributed by atoms with Crippen LogP contribution in [0.25, 0.3) is 11.1 Å². The number of carboxylic acid groups (broad SMARTS) is 1. The molecule has 2 rings (SSSR count). The second-order valence-electron chi connectivity index (χ2n) is 3.36. The molecule has 0 spiro atoms. The number of hydrogen-bond donors (Lipinski definition) is 2. The zero-order chi connectivity index (χ0) is 12.4. The van der Waals surface area contributed by atoms with E-state index in [9.17, 15) is 14.9 Å². The van der Waals surface area contributed by atoms with E-state index in [2.05, 4.69) is 4.98 Å². The minimum Gasteiger partial charge on any atom is -0.478 e. The molecule has 1 heterocycles. The number of nitrogens with zero attached hydrogens (tertiary/aromatic N) is 1. The largest absolute Gasteiger partial charge is 0.478 e. The lowest BCUT2D eigenvalue weighted by Crippen LogP contribution is -1.98. The molecule has 0 saturated carbocycles. The Balaban J connectivity index is 2.64. The lowest BCUT2D eigenvalue weighted by Gasteiger charge is -2.01. The van der Waals surface area contributed by atoms with Crippen LogP contribution in [0.15, 0.2) is 36.7 Å². The van der Waals surface area contributed by atoms with E-state index in [0.717, 1.165) is 0 Å². The van der Waals surface area contributed by atoms with Gasteiger partial charge in [0, 0.05) is 24.0 Å². The van der Waals surface area contributed by atoms with Crippen molar-refractivity contribution in [2.45, 2.75) is 0 Å². The Hall–Kier alpha value is -2.63. The van der Waals surface area contributed by atoms with Crippen molar-refractivity contribution >= 4 is 11.7 Å². The molecule has 2 N–H and O–H groups in total. The molecule has 2 aromatic rings. The van der Waals surface area contributed by atoms with E-state index in [1.165, 1.54) is 30.6 Å². The summed E-state index contributed by atoms with van der Waals surface area (Å²) < 4.78 is 0. The molecule has 1 aromatic heterocycles. The van der Waals surface area contributed by atoms with Gasteiger partial charge in [0.25, 0.3) is 5.69 Å². The van der Waals surface area contributed by atoms with E-state index in [0.29, 0.717) is 5.56 Å². The molecule has 1 aromatic carbocycles. The van der Waals surface area contributed by atoms with E-state index in [4.69, 9.17) is 5.11 Å². The van der Waals surface area contributed by atoms with Crippen LogP contribution in [0, 0.1) is 10.1 Å². The van der Waals surface area contributed by atoms with Gasteiger partial charge in [0.1, 0.15) is 0 Å². The Morgan fingerprint density at radius 1 is 1.24 bits per heavy atom. The smallest absolute Gasteiger partial charge is 0.337 e. The van der Waals surface area contributed by atoms with Crippen molar-refractivity contribution in [1.82, 2.24) is 4.98 Å². The number of rotatable bonds is 3. The lowest BCUT2D eigenvalue weighted by molar-refractivity contribution is -0.384. The molecule has 0 aliphatic rings. The second kappa shape index (κ2) is 4.09. The first kappa shape index (κ1) is 10.9. The summed E-state index contributed by atoms with van der Waals surface area (Å²) in [5.74, 6) is -1.13. The highest BCUT2D eigenvalue weighted by Crippen LogP contribution is 2.31. The average Bonchev–Trinajstić information content (AvgIpc) is 2.77. The number of aromatic nitrogens is 1. The summed E-state index contributed by atoms with van der Waals surface area (Å²) in [5.41, 5.74) is 0.495. The summed E-state index contributed by atoms with van der Waals surface area (Å²) in [6.45, 7) is 0. The fourth-order valence-electron chi connectivity index (χ4n) is 1.62. The summed E-state index contributed by atoms with van der Waals surface area (Å²) >= 11 is 0. The molecule has 0 bridgehead atoms. The van der Waals surface area contributed by atoms with Crippen molar-refractivity contribution in [2.24, 2.45) is 0 Å². The number of H-pyrrole nitrogens is 1. The maximum absolute atomic E-state index is 10.9. The Morgan fingerprint density at radius 2 is 1.94 bits per heavy atom. The molecular formula is C11H8N2O4. The maximum Gasteiger partial charge on any atom is 0.337 e. The SMILES string of the molecule is O=C(O)c1c[nH]cc1-c1ccccc1[N+](=O)[O-]. The molecule has 0 atom stereocenters. The Labute approximate surface area is 95.7 Å². The number of nitrogens with one attached hydrogen (secondary N) is 1. The molecule has 0 aliphatic carbocycles. The number of carboxylic acids is 1. The first-order chi connectivity index (χ1) is 8.11. The Bertz CT molecular complexity index is 589. The highest BCUT2D eigenvalue weighted by atomic mass is 16.6. The van der Waals surface area contributed by atoms with Gasteiger partial charge in [0.15, 0.2) is 0 Å². The third-order valence-electron chi connectivity index (χ3n) is 2.37. The summed E-state index contributed by atoms with van der Waals surface area (Å²) in [6.07, 6.45) is 2.74. The summed E-state index contributed by atoms with van der Waals surface area (Å²) in [5, 5.41) is 19.8. The zero-order valence-corrected chi connectivity index (χ0v) is 8.58. The van der Waals surface area contributed by atoms with Crippen LogP contribution in [0.2, 0.25) is 0 Å². The lowest BCUT2D eigenvalue weighted by atomic mass is 10.0. The summed E-state index contributed by atoms with van der Waals surface area (Å²) in [4.78, 5) is 23.9. The van der Waals surface area contributed by atoms with Gasteiger partial charge in [-0.3, -0.25) is 10.1 Å². The average molecular weight is 232 g/mol. The quantitative estimate of drug-likeness (QED) is 0.626. The number of nitro benzene ring substituents is 1. The van der Waals surface area contributed by atoms with Gasteiger partial charge < -0.3 is 10.1 Å². The maximum atomic E-state index is 10.9. The molecule has 6 nitrogen and oxygen atoms in total. The van der Waals surface area contributed by atoms with Crippen molar-refractivity contribution in [3.8, 4) is 11.1 Å². The van der Waals surface area contributed by atoms with Gasteiger partial charge in [-0.2, -0.15) is 0 Å². The predicted octanol–water partition coefficient (Wildman–Crippen LogP) is 2.29. The van der Waals surface area contributed by atoms with Gasteiger partial charge in [0.05, 0.1) is 16.1 Å². The van der Waals surface area contributed by atoms with Crippen LogP contribution in [0.3, 0.4) is 0 Å². The molecule has 17 heavy (non-hydrogen) atoms. The minimum atomic E-state index is -1.13. The topological polar surface area (TPSA) is 96.2 Å². The third-order valence-corrected chi connectivity index (χ3v) is 2.37. The Kier molecular flexibility index (Phi) is 2.61. The molecule has 0 amide bonds. The van der Waals surface area contributed by atoms with Gasteiger partial charge in [-0.1, -0.05) is 12.1 Å². The van der Waals surface area contributed by atoms with Crippen LogP contribution in [0.5, 0.6) is 0 Å². The molecule has 0 unspecified atom stereocenters. The summed E-state index contributed by atoms with van der Waals surface area (Å²) in [6, 6.07) is 6.03. The third kappa shape index (κ3) is 1.87. The Morgan fingerprint density at radius 3 is 2.59 bits per heavy atom.